The van der Waals surface area contributed by atoms with E-state index in [9.17, 15) is 0 Å². The first-order chi connectivity index (χ1) is 20.1. The summed E-state index contributed by atoms with van der Waals surface area (Å²) in [5.41, 5.74) is 10.9. The Bertz CT molecular complexity index is 2330. The second-order valence-corrected chi connectivity index (χ2v) is 11.4. The maximum atomic E-state index is 6.93. The van der Waals surface area contributed by atoms with Gasteiger partial charge in [-0.05, 0) is 68.4 Å². The number of hydrogen-bond donors (Lipinski definition) is 0. The van der Waals surface area contributed by atoms with Gasteiger partial charge in [-0.1, -0.05) is 28.9 Å². The van der Waals surface area contributed by atoms with Crippen molar-refractivity contribution in [1.82, 2.24) is 14.2 Å². The Morgan fingerprint density at radius 1 is 0.805 bits per heavy atom. The summed E-state index contributed by atoms with van der Waals surface area (Å²) in [6.45, 7) is 6.72. The maximum Gasteiger partial charge on any atom is 0.397 e. The van der Waals surface area contributed by atoms with Gasteiger partial charge in [0.05, 0.1) is 17.6 Å². The monoisotopic (exact) mass is 531 g/mol. The van der Waals surface area contributed by atoms with Crippen LogP contribution < -0.4 is 14.0 Å². The van der Waals surface area contributed by atoms with Crippen LogP contribution in [0.25, 0.3) is 44.6 Å². The summed E-state index contributed by atoms with van der Waals surface area (Å²) in [7, 11) is 0. The molecule has 0 fully saturated rings. The Labute approximate surface area is 235 Å². The van der Waals surface area contributed by atoms with E-state index in [1.165, 1.54) is 44.3 Å². The van der Waals surface area contributed by atoms with Gasteiger partial charge in [0.2, 0.25) is 5.69 Å². The highest BCUT2D eigenvalue weighted by Gasteiger charge is 2.69. The van der Waals surface area contributed by atoms with Gasteiger partial charge in [-0.2, -0.15) is 9.13 Å². The maximum absolute atomic E-state index is 6.93. The molecule has 10 rings (SSSR count). The minimum atomic E-state index is -0.662. The minimum absolute atomic E-state index is 0.662. The number of pyridine rings is 2. The third-order valence-corrected chi connectivity index (χ3v) is 9.63. The van der Waals surface area contributed by atoms with Crippen LogP contribution >= 0.6 is 0 Å². The van der Waals surface area contributed by atoms with Gasteiger partial charge in [0.1, 0.15) is 28.3 Å². The lowest BCUT2D eigenvalue weighted by Gasteiger charge is -2.33. The zero-order valence-electron chi connectivity index (χ0n) is 22.9. The summed E-state index contributed by atoms with van der Waals surface area (Å²) >= 11 is 0. The third kappa shape index (κ3) is 2.22. The summed E-state index contributed by atoms with van der Waals surface area (Å²) < 4.78 is 16.7. The molecule has 0 saturated carbocycles. The van der Waals surface area contributed by atoms with Crippen LogP contribution in [0.5, 0.6) is 11.5 Å². The first-order valence-electron chi connectivity index (χ1n) is 14.1. The first kappa shape index (κ1) is 21.6. The van der Waals surface area contributed by atoms with E-state index >= 15 is 0 Å². The van der Waals surface area contributed by atoms with E-state index in [2.05, 4.69) is 118 Å². The molecule has 41 heavy (non-hydrogen) atoms. The lowest BCUT2D eigenvalue weighted by molar-refractivity contribution is -0.995. The Morgan fingerprint density at radius 2 is 1.66 bits per heavy atom. The zero-order valence-corrected chi connectivity index (χ0v) is 22.9. The Hall–Kier alpha value is -5.23. The van der Waals surface area contributed by atoms with Crippen LogP contribution in [0.1, 0.15) is 28.1 Å². The molecule has 1 spiro atoms. The van der Waals surface area contributed by atoms with Crippen molar-refractivity contribution < 1.29 is 14.0 Å². The van der Waals surface area contributed by atoms with E-state index in [4.69, 9.17) is 9.72 Å². The summed E-state index contributed by atoms with van der Waals surface area (Å²) in [5, 5.41) is 2.49. The molecule has 6 nitrogen and oxygen atoms in total. The predicted octanol–water partition coefficient (Wildman–Crippen LogP) is 6.17. The number of fused-ring (bicyclic) bond motifs is 7. The standard InChI is InChI=1S/C35H25N5O/c1-20-21(2)39-28-18-23(26-11-6-8-16-36-26)19-30-32(28)35(40(39)22(20)3)33-29(41-30)15-14-25-24-10-4-5-12-27(24)38(34(25)33)31-13-7-9-17-37(31)35/h4-19H,1-3H3/q+2. The highest BCUT2D eigenvalue weighted by Crippen LogP contribution is 2.56. The second kappa shape index (κ2) is 6.91. The van der Waals surface area contributed by atoms with E-state index in [-0.39, 0.29) is 0 Å². The molecule has 7 aromatic rings. The van der Waals surface area contributed by atoms with Gasteiger partial charge < -0.3 is 4.74 Å². The van der Waals surface area contributed by atoms with Crippen molar-refractivity contribution in [2.24, 2.45) is 0 Å². The fraction of sp³-hybridized carbons (Fsp3) is 0.114. The molecule has 1 unspecified atom stereocenters. The van der Waals surface area contributed by atoms with Crippen LogP contribution in [0.15, 0.2) is 97.3 Å². The van der Waals surface area contributed by atoms with Crippen LogP contribution in [0, 0.1) is 20.8 Å². The highest BCUT2D eigenvalue weighted by molar-refractivity contribution is 6.11. The van der Waals surface area contributed by atoms with Crippen LogP contribution in [-0.2, 0) is 5.66 Å². The van der Waals surface area contributed by atoms with Crippen molar-refractivity contribution in [1.29, 1.82) is 0 Å². The SMILES string of the molecule is Cc1c(C)n2[n+](c1C)C13c4c(cc(-c5ccccn5)cc4-2)Oc2ccc4c5ccccc5n(c4c21)-c1cccc[n+]13. The Kier molecular flexibility index (Phi) is 3.63. The molecule has 0 saturated heterocycles. The van der Waals surface area contributed by atoms with Gasteiger partial charge in [-0.3, -0.25) is 4.98 Å². The fourth-order valence-corrected chi connectivity index (χ4v) is 7.82. The minimum Gasteiger partial charge on any atom is -0.456 e. The van der Waals surface area contributed by atoms with Gasteiger partial charge >= 0.3 is 5.66 Å². The molecule has 6 heteroatoms. The largest absolute Gasteiger partial charge is 0.456 e. The van der Waals surface area contributed by atoms with E-state index in [1.807, 2.05) is 18.3 Å². The third-order valence-electron chi connectivity index (χ3n) is 9.63. The predicted molar refractivity (Wildman–Crippen MR) is 156 cm³/mol. The summed E-state index contributed by atoms with van der Waals surface area (Å²) in [4.78, 5) is 4.70. The van der Waals surface area contributed by atoms with Crippen LogP contribution in [-0.4, -0.2) is 14.2 Å². The molecular weight excluding hydrogens is 506 g/mol. The molecule has 0 radical (unpaired) electrons. The fourth-order valence-electron chi connectivity index (χ4n) is 7.82. The van der Waals surface area contributed by atoms with Crippen molar-refractivity contribution in [3.63, 3.8) is 0 Å². The van der Waals surface area contributed by atoms with E-state index in [0.717, 1.165) is 39.8 Å². The summed E-state index contributed by atoms with van der Waals surface area (Å²) in [6.07, 6.45) is 4.09. The van der Waals surface area contributed by atoms with Crippen molar-refractivity contribution in [3.8, 4) is 34.3 Å². The summed E-state index contributed by atoms with van der Waals surface area (Å²) in [5.74, 6) is 2.89. The Morgan fingerprint density at radius 3 is 2.54 bits per heavy atom. The number of ether oxygens (including phenoxy) is 1. The van der Waals surface area contributed by atoms with Gasteiger partial charge in [0.15, 0.2) is 11.1 Å². The zero-order chi connectivity index (χ0) is 27.2. The highest BCUT2D eigenvalue weighted by atomic mass is 16.5. The molecule has 7 heterocycles. The molecule has 0 amide bonds. The van der Waals surface area contributed by atoms with Crippen molar-refractivity contribution in [3.05, 3.63) is 125 Å². The van der Waals surface area contributed by atoms with Crippen LogP contribution in [0.3, 0.4) is 0 Å². The number of rotatable bonds is 1. The molecule has 0 N–H and O–H groups in total. The van der Waals surface area contributed by atoms with E-state index < -0.39 is 5.66 Å². The molecule has 1 atom stereocenters. The van der Waals surface area contributed by atoms with E-state index in [1.54, 1.807) is 0 Å². The van der Waals surface area contributed by atoms with Gasteiger partial charge in [0, 0.05) is 41.1 Å². The molecule has 3 aliphatic heterocycles. The molecule has 3 aliphatic rings. The second-order valence-electron chi connectivity index (χ2n) is 11.4. The molecule has 4 aromatic heterocycles. The van der Waals surface area contributed by atoms with Crippen molar-refractivity contribution in [2.75, 3.05) is 0 Å². The summed E-state index contributed by atoms with van der Waals surface area (Å²) in [6, 6.07) is 30.2. The molecular formula is C35H25N5O+2. The lowest BCUT2D eigenvalue weighted by atomic mass is 9.83. The number of para-hydroxylation sites is 1. The van der Waals surface area contributed by atoms with Crippen molar-refractivity contribution in [2.45, 2.75) is 26.4 Å². The van der Waals surface area contributed by atoms with Gasteiger partial charge in [-0.25, -0.2) is 0 Å². The molecule has 194 valence electrons. The normalized spacial score (nSPS) is 17.0. The molecule has 0 bridgehead atoms. The molecule has 0 aliphatic carbocycles. The average Bonchev–Trinajstić information content (AvgIpc) is 3.60. The van der Waals surface area contributed by atoms with Crippen LogP contribution in [0.4, 0.5) is 0 Å². The van der Waals surface area contributed by atoms with Crippen LogP contribution in [0.2, 0.25) is 0 Å². The Balaban J connectivity index is 1.48. The van der Waals surface area contributed by atoms with Gasteiger partial charge in [-0.15, -0.1) is 4.68 Å². The number of hydrogen-bond acceptors (Lipinski definition) is 2. The quantitative estimate of drug-likeness (QED) is 0.238. The first-order valence-corrected chi connectivity index (χ1v) is 14.1. The molecule has 3 aromatic carbocycles. The number of nitrogens with zero attached hydrogens (tertiary/aromatic N) is 5. The smallest absolute Gasteiger partial charge is 0.397 e. The lowest BCUT2D eigenvalue weighted by Crippen LogP contribution is -2.77. The number of benzene rings is 3. The van der Waals surface area contributed by atoms with Crippen molar-refractivity contribution >= 4 is 21.8 Å². The van der Waals surface area contributed by atoms with E-state index in [0.29, 0.717) is 0 Å². The average molecular weight is 532 g/mol. The van der Waals surface area contributed by atoms with Gasteiger partial charge in [0.25, 0.3) is 5.82 Å². The topological polar surface area (TPSA) is 39.7 Å². The number of aromatic nitrogens is 5.